The van der Waals surface area contributed by atoms with E-state index in [1.165, 1.54) is 6.16 Å². The van der Waals surface area contributed by atoms with E-state index in [2.05, 4.69) is 16.2 Å². The Balaban J connectivity index is 0. The van der Waals surface area contributed by atoms with Crippen molar-refractivity contribution in [2.75, 3.05) is 6.16 Å². The number of hydrogen-bond donors (Lipinski definition) is 0. The average molecular weight is 269 g/mol. The van der Waals surface area contributed by atoms with Crippen molar-refractivity contribution in [2.24, 2.45) is 0 Å². The third-order valence-corrected chi connectivity index (χ3v) is 0. The molecule has 0 bridgehead atoms. The molecule has 0 aromatic heterocycles. The van der Waals surface area contributed by atoms with Gasteiger partial charge in [0.25, 0.3) is 0 Å². The van der Waals surface area contributed by atoms with Crippen LogP contribution < -0.4 is 0 Å². The van der Waals surface area contributed by atoms with Crippen molar-refractivity contribution in [1.29, 1.82) is 0 Å². The molecule has 0 saturated carbocycles. The van der Waals surface area contributed by atoms with Crippen LogP contribution in [-0.4, -0.2) is 33.5 Å². The summed E-state index contributed by atoms with van der Waals surface area (Å²) in [6, 6.07) is 0. The van der Waals surface area contributed by atoms with Gasteiger partial charge in [0.15, 0.2) is 0 Å². The predicted molar refractivity (Wildman–Crippen MR) is 26.0 cm³/mol. The van der Waals surface area contributed by atoms with E-state index < -0.39 is 0 Å². The van der Waals surface area contributed by atoms with Crippen molar-refractivity contribution in [2.45, 2.75) is 6.92 Å². The summed E-state index contributed by atoms with van der Waals surface area (Å²) in [5, 5.41) is 0. The molecular weight excluding hydrogens is 262 g/mol. The molecule has 0 aromatic carbocycles. The fourth-order valence-corrected chi connectivity index (χ4v) is 0. The molecule has 0 rings (SSSR count). The van der Waals surface area contributed by atoms with Gasteiger partial charge in [0.1, 0.15) is 0 Å². The van der Waals surface area contributed by atoms with Crippen molar-refractivity contribution in [3.63, 3.8) is 0 Å². The minimum Gasteiger partial charge on any atom is -0.138 e. The van der Waals surface area contributed by atoms with Crippen LogP contribution in [0.15, 0.2) is 0 Å². The normalized spacial score (nSPS) is 4.50. The second kappa shape index (κ2) is 8.84. The molecule has 0 heterocycles. The van der Waals surface area contributed by atoms with Gasteiger partial charge in [-0.2, -0.15) is 0 Å². The minimum atomic E-state index is 0. The minimum absolute atomic E-state index is 0. The molecule has 0 spiro atoms. The first-order chi connectivity index (χ1) is 1.41. The molecule has 0 saturated heterocycles. The molecule has 0 aromatic rings. The summed E-state index contributed by atoms with van der Waals surface area (Å²) in [5.74, 6) is 0. The molecule has 0 nitrogen and oxygen atoms in total. The number of rotatable bonds is 0. The Morgan fingerprint density at radius 3 is 1.75 bits per heavy atom. The summed E-state index contributed by atoms with van der Waals surface area (Å²) < 4.78 is 0. The Bertz CT molecular complexity index is 6.00. The maximum absolute atomic E-state index is 2.58. The quantitative estimate of drug-likeness (QED) is 0.444. The molecule has 0 amide bonds. The van der Waals surface area contributed by atoms with Crippen LogP contribution in [0.3, 0.4) is 0 Å². The van der Waals surface area contributed by atoms with Gasteiger partial charge in [0, 0.05) is 27.3 Å². The van der Waals surface area contributed by atoms with Crippen LogP contribution in [-0.2, 0) is 0 Å². The molecule has 2 heteroatoms. The van der Waals surface area contributed by atoms with E-state index in [1.54, 1.807) is 0 Å². The van der Waals surface area contributed by atoms with E-state index in [1.807, 2.05) is 0 Å². The molecule has 4 heavy (non-hydrogen) atoms. The van der Waals surface area contributed by atoms with Gasteiger partial charge in [0.2, 0.25) is 0 Å². The van der Waals surface area contributed by atoms with E-state index in [-0.39, 0.29) is 27.3 Å². The van der Waals surface area contributed by atoms with Crippen molar-refractivity contribution in [3.8, 4) is 0 Å². The topological polar surface area (TPSA) is 0 Å². The summed E-state index contributed by atoms with van der Waals surface area (Å²) in [6.45, 7) is 2.09. The van der Waals surface area contributed by atoms with Gasteiger partial charge in [-0.05, 0) is 6.16 Å². The second-order valence-electron chi connectivity index (χ2n) is 0.408. The largest absolute Gasteiger partial charge is 0.138 e. The van der Waals surface area contributed by atoms with Crippen LogP contribution in [0.25, 0.3) is 0 Å². The van der Waals surface area contributed by atoms with Gasteiger partial charge in [0.05, 0.1) is 0 Å². The van der Waals surface area contributed by atoms with Gasteiger partial charge in [-0.15, -0.1) is 9.24 Å². The first-order valence-electron chi connectivity index (χ1n) is 1.12. The summed E-state index contributed by atoms with van der Waals surface area (Å²) >= 11 is 0. The third kappa shape index (κ3) is 10.1. The maximum atomic E-state index is 2.58. The molecule has 0 fully saturated rings. The van der Waals surface area contributed by atoms with Gasteiger partial charge >= 0.3 is 0 Å². The molecule has 24 valence electrons. The Labute approximate surface area is 49.7 Å². The van der Waals surface area contributed by atoms with E-state index >= 15 is 0 Å². The second-order valence-corrected chi connectivity index (χ2v) is 1.22. The van der Waals surface area contributed by atoms with Crippen LogP contribution in [0.1, 0.15) is 6.92 Å². The Hall–Kier alpha value is 1.35. The fraction of sp³-hybridized carbons (Fsp3) is 1.00. The van der Waals surface area contributed by atoms with E-state index in [4.69, 9.17) is 0 Å². The predicted octanol–water partition coefficient (Wildman–Crippen LogP) is 0.501. The van der Waals surface area contributed by atoms with Gasteiger partial charge in [-0.25, -0.2) is 0 Å². The zero-order valence-corrected chi connectivity index (χ0v) is 7.83. The van der Waals surface area contributed by atoms with Crippen molar-refractivity contribution < 1.29 is 0 Å². The van der Waals surface area contributed by atoms with Crippen LogP contribution in [0.5, 0.6) is 0 Å². The third-order valence-electron chi connectivity index (χ3n) is 0. The standard InChI is InChI=1S/C2H7P.Pb/c1-2-3;/h2-3H2,1H3;. The smallest absolute Gasteiger partial charge is 0 e. The first kappa shape index (κ1) is 9.02. The first-order valence-corrected chi connectivity index (χ1v) is 1.93. The number of hydrogen-bond acceptors (Lipinski definition) is 0. The monoisotopic (exact) mass is 270 g/mol. The van der Waals surface area contributed by atoms with E-state index in [0.717, 1.165) is 0 Å². The summed E-state index contributed by atoms with van der Waals surface area (Å²) in [7, 11) is 2.58. The van der Waals surface area contributed by atoms with E-state index in [0.29, 0.717) is 0 Å². The van der Waals surface area contributed by atoms with Gasteiger partial charge < -0.3 is 0 Å². The molecule has 0 aliphatic heterocycles. The summed E-state index contributed by atoms with van der Waals surface area (Å²) in [4.78, 5) is 0. The molecule has 1 atom stereocenters. The van der Waals surface area contributed by atoms with Crippen molar-refractivity contribution in [3.05, 3.63) is 0 Å². The van der Waals surface area contributed by atoms with Gasteiger partial charge in [-0.3, -0.25) is 0 Å². The summed E-state index contributed by atoms with van der Waals surface area (Å²) in [6.07, 6.45) is 1.17. The molecule has 0 aliphatic carbocycles. The Kier molecular flexibility index (Phi) is 19.9. The van der Waals surface area contributed by atoms with E-state index in [9.17, 15) is 0 Å². The van der Waals surface area contributed by atoms with Crippen LogP contribution in [0.4, 0.5) is 0 Å². The van der Waals surface area contributed by atoms with Crippen LogP contribution in [0.2, 0.25) is 0 Å². The molecule has 4 radical (unpaired) electrons. The maximum Gasteiger partial charge on any atom is 0 e. The Morgan fingerprint density at radius 2 is 1.75 bits per heavy atom. The molecule has 0 aliphatic rings. The van der Waals surface area contributed by atoms with Crippen LogP contribution >= 0.6 is 9.24 Å². The molecular formula is C2H7PPb. The van der Waals surface area contributed by atoms with Gasteiger partial charge in [-0.1, -0.05) is 6.92 Å². The average Bonchev–Trinajstić information content (AvgIpc) is 0.918. The Morgan fingerprint density at radius 1 is 1.75 bits per heavy atom. The van der Waals surface area contributed by atoms with Crippen molar-refractivity contribution in [1.82, 2.24) is 0 Å². The fourth-order valence-electron chi connectivity index (χ4n) is 0. The summed E-state index contributed by atoms with van der Waals surface area (Å²) in [5.41, 5.74) is 0. The molecule has 0 N–H and O–H groups in total. The van der Waals surface area contributed by atoms with Crippen molar-refractivity contribution >= 4 is 36.5 Å². The zero-order chi connectivity index (χ0) is 2.71. The molecule has 1 unspecified atom stereocenters. The van der Waals surface area contributed by atoms with Crippen LogP contribution in [0, 0.1) is 0 Å². The zero-order valence-electron chi connectivity index (χ0n) is 2.78. The SMILES string of the molecule is CCP.[Pb].